The molecule has 10 atom stereocenters. The fourth-order valence-electron chi connectivity index (χ4n) is 13.8. The van der Waals surface area contributed by atoms with E-state index in [0.29, 0.717) is 23.9 Å². The summed E-state index contributed by atoms with van der Waals surface area (Å²) in [4.78, 5) is 5.55. The van der Waals surface area contributed by atoms with Crippen molar-refractivity contribution in [2.75, 3.05) is 63.3 Å². The van der Waals surface area contributed by atoms with Gasteiger partial charge in [-0.15, -0.1) is 0 Å². The molecule has 4 saturated heterocycles. The molecule has 0 amide bonds. The fraction of sp³-hybridized carbons (Fsp3) is 0.500. The summed E-state index contributed by atoms with van der Waals surface area (Å²) in [6.45, 7) is 4.70. The van der Waals surface area contributed by atoms with Gasteiger partial charge < -0.3 is 29.0 Å². The van der Waals surface area contributed by atoms with E-state index in [9.17, 15) is 10.2 Å². The van der Waals surface area contributed by atoms with E-state index in [-0.39, 0.29) is 36.1 Å². The molecule has 2 spiro atoms. The first-order valence-corrected chi connectivity index (χ1v) is 17.8. The zero-order valence-corrected chi connectivity index (χ0v) is 27.1. The van der Waals surface area contributed by atoms with Gasteiger partial charge in [-0.05, 0) is 45.6 Å². The standard InChI is InChI=1S/C40H46N4O2/c1-43-15-13-39-31-7-3-5-9-33(31)41-22-30-28-20-36-40(14-16-44(36,2)24-26(28)12-18-46)32-8-4-6-10-34(32)42(38(30)40)21-29(37(39)41)27(19-35(39)43)25(23-43)11-17-45/h3-12,21-22,27-28,35-38,45-46H,13-20,23-24H2,1-2H3/q+2/b25-11+,26-12+,29-21-,30-22?/t27-,28+,35?,36+,37+,38+,39-,40-,43?,44?/m1/s1. The Labute approximate surface area is 272 Å². The van der Waals surface area contributed by atoms with E-state index in [1.165, 1.54) is 48.5 Å². The number of quaternary nitrogens is 2. The number of aliphatic hydroxyl groups excluding tert-OH is 2. The first kappa shape index (κ1) is 26.9. The van der Waals surface area contributed by atoms with Gasteiger partial charge >= 0.3 is 0 Å². The van der Waals surface area contributed by atoms with Crippen LogP contribution in [0.1, 0.15) is 36.8 Å². The van der Waals surface area contributed by atoms with Gasteiger partial charge in [0.05, 0.1) is 63.3 Å². The van der Waals surface area contributed by atoms with Gasteiger partial charge in [-0.3, -0.25) is 0 Å². The van der Waals surface area contributed by atoms with Crippen LogP contribution in [0.15, 0.2) is 95.4 Å². The number of aliphatic hydroxyl groups is 2. The van der Waals surface area contributed by atoms with Crippen LogP contribution >= 0.6 is 0 Å². The van der Waals surface area contributed by atoms with Crippen LogP contribution in [0.2, 0.25) is 0 Å². The van der Waals surface area contributed by atoms with Crippen molar-refractivity contribution in [2.45, 2.75) is 60.7 Å². The van der Waals surface area contributed by atoms with E-state index in [2.05, 4.69) is 97.0 Å². The van der Waals surface area contributed by atoms with Crippen molar-refractivity contribution in [1.29, 1.82) is 0 Å². The number of likely N-dealkylation sites (N-methyl/N-ethyl adjacent to an activating group) is 2. The Balaban J connectivity index is 1.24. The van der Waals surface area contributed by atoms with E-state index >= 15 is 0 Å². The van der Waals surface area contributed by atoms with Crippen molar-refractivity contribution in [3.05, 3.63) is 107 Å². The van der Waals surface area contributed by atoms with E-state index in [0.717, 1.165) is 34.9 Å². The van der Waals surface area contributed by atoms with Gasteiger partial charge in [-0.25, -0.2) is 0 Å². The fourth-order valence-corrected chi connectivity index (χ4v) is 13.8. The molecule has 9 aliphatic rings. The van der Waals surface area contributed by atoms with E-state index in [4.69, 9.17) is 0 Å². The van der Waals surface area contributed by atoms with Gasteiger partial charge in [0.15, 0.2) is 0 Å². The van der Waals surface area contributed by atoms with Crippen molar-refractivity contribution in [3.8, 4) is 0 Å². The van der Waals surface area contributed by atoms with Gasteiger partial charge in [0, 0.05) is 61.3 Å². The second-order valence-electron chi connectivity index (χ2n) is 16.7. The van der Waals surface area contributed by atoms with Gasteiger partial charge in [0.25, 0.3) is 0 Å². The van der Waals surface area contributed by atoms with E-state index in [1.807, 2.05) is 0 Å². The highest BCUT2D eigenvalue weighted by molar-refractivity contribution is 5.77. The van der Waals surface area contributed by atoms with E-state index < -0.39 is 0 Å². The summed E-state index contributed by atoms with van der Waals surface area (Å²) in [6.07, 6.45) is 14.4. The number of anilines is 2. The van der Waals surface area contributed by atoms with Crippen LogP contribution < -0.4 is 9.80 Å². The lowest BCUT2D eigenvalue weighted by atomic mass is 9.56. The molecule has 0 aromatic heterocycles. The number of benzene rings is 2. The number of hydrogen-bond donors (Lipinski definition) is 2. The van der Waals surface area contributed by atoms with Gasteiger partial charge in [0.2, 0.25) is 0 Å². The molecule has 2 aliphatic carbocycles. The predicted molar refractivity (Wildman–Crippen MR) is 180 cm³/mol. The third-order valence-corrected chi connectivity index (χ3v) is 15.3. The van der Waals surface area contributed by atoms with Crippen molar-refractivity contribution in [2.24, 2.45) is 11.8 Å². The maximum absolute atomic E-state index is 10.3. The minimum Gasteiger partial charge on any atom is -0.392 e. The predicted octanol–water partition coefficient (Wildman–Crippen LogP) is 4.36. The largest absolute Gasteiger partial charge is 0.392 e. The Morgan fingerprint density at radius 2 is 1.13 bits per heavy atom. The second-order valence-corrected chi connectivity index (χ2v) is 16.7. The Bertz CT molecular complexity index is 1730. The molecule has 2 aromatic rings. The number of hydrogen-bond acceptors (Lipinski definition) is 4. The quantitative estimate of drug-likeness (QED) is 0.390. The van der Waals surface area contributed by atoms with Crippen molar-refractivity contribution in [1.82, 2.24) is 0 Å². The molecule has 2 aromatic carbocycles. The van der Waals surface area contributed by atoms with Crippen molar-refractivity contribution in [3.63, 3.8) is 0 Å². The molecule has 2 N–H and O–H groups in total. The number of para-hydroxylation sites is 2. The molecule has 7 heterocycles. The number of rotatable bonds is 2. The minimum absolute atomic E-state index is 0.0790. The monoisotopic (exact) mass is 614 g/mol. The molecule has 7 aliphatic heterocycles. The Morgan fingerprint density at radius 3 is 1.57 bits per heavy atom. The van der Waals surface area contributed by atoms with Crippen molar-refractivity contribution < 1.29 is 19.2 Å². The van der Waals surface area contributed by atoms with Gasteiger partial charge in [0.1, 0.15) is 25.2 Å². The topological polar surface area (TPSA) is 46.9 Å². The average Bonchev–Trinajstić information content (AvgIpc) is 3.73. The zero-order valence-electron chi connectivity index (χ0n) is 27.1. The van der Waals surface area contributed by atoms with Crippen LogP contribution in [-0.4, -0.2) is 96.8 Å². The van der Waals surface area contributed by atoms with Crippen LogP contribution in [-0.2, 0) is 10.8 Å². The molecule has 46 heavy (non-hydrogen) atoms. The molecule has 2 saturated carbocycles. The number of piperidine rings is 2. The summed E-state index contributed by atoms with van der Waals surface area (Å²) in [6, 6.07) is 20.5. The second kappa shape index (κ2) is 8.46. The smallest absolute Gasteiger partial charge is 0.102 e. The Morgan fingerprint density at radius 1 is 0.696 bits per heavy atom. The molecule has 236 valence electrons. The molecule has 6 nitrogen and oxygen atoms in total. The lowest BCUT2D eigenvalue weighted by Crippen LogP contribution is -2.68. The molecule has 11 rings (SSSR count). The molecule has 6 heteroatoms. The minimum atomic E-state index is 0.0790. The SMILES string of the molecule is C[N+]12CC[C@@]34c5ccccc5N5C=C6[C@H]7C[C@H]8[C@@]9(CC[N+]8(C)C/C7=C\CO)c7ccccc7N(/C=C(/[C@H](CC31)/C(=C/CO)C2)[C@H]54)[C@@H]69. The average molecular weight is 615 g/mol. The van der Waals surface area contributed by atoms with Crippen LogP contribution in [0, 0.1) is 11.8 Å². The van der Waals surface area contributed by atoms with E-state index in [1.54, 1.807) is 22.3 Å². The van der Waals surface area contributed by atoms with Crippen LogP contribution in [0.3, 0.4) is 0 Å². The van der Waals surface area contributed by atoms with Crippen LogP contribution in [0.4, 0.5) is 11.4 Å². The first-order valence-electron chi connectivity index (χ1n) is 17.8. The zero-order chi connectivity index (χ0) is 30.8. The summed E-state index contributed by atoms with van der Waals surface area (Å²) in [5.74, 6) is 0.709. The highest BCUT2D eigenvalue weighted by Crippen LogP contribution is 2.69. The highest BCUT2D eigenvalue weighted by Gasteiger charge is 2.74. The number of nitrogens with zero attached hydrogens (tertiary/aromatic N) is 4. The lowest BCUT2D eigenvalue weighted by molar-refractivity contribution is -0.924. The first-order chi connectivity index (χ1) is 22.4. The number of fused-ring (bicyclic) bond motifs is 8. The summed E-state index contributed by atoms with van der Waals surface area (Å²) < 4.78 is 2.18. The normalized spacial score (nSPS) is 47.5. The summed E-state index contributed by atoms with van der Waals surface area (Å²) in [7, 11) is 5.01. The highest BCUT2D eigenvalue weighted by atomic mass is 16.3. The van der Waals surface area contributed by atoms with Crippen LogP contribution in [0.25, 0.3) is 0 Å². The molecular formula is C40H46N4O2+2. The van der Waals surface area contributed by atoms with Gasteiger partial charge in [-0.1, -0.05) is 48.6 Å². The third kappa shape index (κ3) is 2.77. The summed E-state index contributed by atoms with van der Waals surface area (Å²) in [5.41, 5.74) is 12.1. The Hall–Kier alpha value is -3.16. The van der Waals surface area contributed by atoms with Gasteiger partial charge in [-0.2, -0.15) is 0 Å². The maximum atomic E-state index is 10.3. The Kier molecular flexibility index (Phi) is 4.94. The maximum Gasteiger partial charge on any atom is 0.102 e. The molecule has 6 fully saturated rings. The summed E-state index contributed by atoms with van der Waals surface area (Å²) >= 11 is 0. The van der Waals surface area contributed by atoms with Crippen LogP contribution in [0.5, 0.6) is 0 Å². The summed E-state index contributed by atoms with van der Waals surface area (Å²) in [5, 5.41) is 20.6. The molecule has 3 unspecified atom stereocenters. The third-order valence-electron chi connectivity index (χ3n) is 15.3. The molecular weight excluding hydrogens is 568 g/mol. The molecule has 4 bridgehead atoms. The van der Waals surface area contributed by atoms with Crippen molar-refractivity contribution >= 4 is 11.4 Å². The molecule has 0 radical (unpaired) electrons. The lowest BCUT2D eigenvalue weighted by Gasteiger charge is -2.58.